The molecule has 0 saturated heterocycles. The van der Waals surface area contributed by atoms with E-state index in [0.717, 1.165) is 50.3 Å². The summed E-state index contributed by atoms with van der Waals surface area (Å²) in [5, 5.41) is 13.8. The second-order valence-corrected chi connectivity index (χ2v) is 14.1. The zero-order valence-corrected chi connectivity index (χ0v) is 29.4. The number of aromatic nitrogens is 2. The maximum atomic E-state index is 5.29. The molecular weight excluding hydrogens is 653 g/mol. The van der Waals surface area contributed by atoms with Crippen molar-refractivity contribution in [3.63, 3.8) is 0 Å². The Hall–Kier alpha value is -7.16. The second-order valence-electron chi connectivity index (χ2n) is 14.1. The second kappa shape index (κ2) is 12.2. The molecule has 54 heavy (non-hydrogen) atoms. The van der Waals surface area contributed by atoms with E-state index < -0.39 is 0 Å². The minimum Gasteiger partial charge on any atom is -0.255 e. The third kappa shape index (κ3) is 4.74. The van der Waals surface area contributed by atoms with Gasteiger partial charge in [-0.2, -0.15) is 0 Å². The van der Waals surface area contributed by atoms with Gasteiger partial charge in [-0.25, -0.2) is 4.98 Å². The molecule has 0 N–H and O–H groups in total. The van der Waals surface area contributed by atoms with Crippen molar-refractivity contribution in [2.45, 2.75) is 0 Å². The van der Waals surface area contributed by atoms with Crippen LogP contribution in [0.3, 0.4) is 0 Å². The van der Waals surface area contributed by atoms with E-state index in [0.29, 0.717) is 0 Å². The first-order valence-corrected chi connectivity index (χ1v) is 18.5. The highest BCUT2D eigenvalue weighted by atomic mass is 14.7. The monoisotopic (exact) mass is 684 g/mol. The summed E-state index contributed by atoms with van der Waals surface area (Å²) in [6.45, 7) is 0. The van der Waals surface area contributed by atoms with E-state index in [-0.39, 0.29) is 0 Å². The minimum atomic E-state index is 0.960. The summed E-state index contributed by atoms with van der Waals surface area (Å²) in [5.74, 6) is 0. The van der Waals surface area contributed by atoms with Crippen molar-refractivity contribution in [1.82, 2.24) is 9.97 Å². The predicted octanol–water partition coefficient (Wildman–Crippen LogP) is 14.1. The molecule has 250 valence electrons. The van der Waals surface area contributed by atoms with Crippen LogP contribution in [0.4, 0.5) is 0 Å². The Morgan fingerprint density at radius 2 is 0.722 bits per heavy atom. The van der Waals surface area contributed by atoms with Gasteiger partial charge in [0.25, 0.3) is 0 Å². The quantitative estimate of drug-likeness (QED) is 0.172. The summed E-state index contributed by atoms with van der Waals surface area (Å²) in [6, 6.07) is 67.4. The first-order valence-electron chi connectivity index (χ1n) is 18.5. The Bertz CT molecular complexity index is 3180. The zero-order chi connectivity index (χ0) is 35.6. The standard InChI is InChI=1S/C52H32N2/c1-3-14-35(15-4-1)47-30-37(31-48(54-47)36-16-5-2-6-17-36)33-26-28-34(29-27-33)38-24-13-25-45-49-43-22-11-12-23-44(43)50-41-20-9-7-18-39(41)40-19-8-10-21-42(40)51(50)46(49)32-53-52(38)45/h1-32H. The van der Waals surface area contributed by atoms with Crippen molar-refractivity contribution in [2.24, 2.45) is 0 Å². The summed E-state index contributed by atoms with van der Waals surface area (Å²) < 4.78 is 0. The van der Waals surface area contributed by atoms with Crippen molar-refractivity contribution < 1.29 is 0 Å². The lowest BCUT2D eigenvalue weighted by Gasteiger charge is -2.18. The normalized spacial score (nSPS) is 11.7. The lowest BCUT2D eigenvalue weighted by Crippen LogP contribution is -1.92. The SMILES string of the molecule is c1ccc(-c2cc(-c3ccc(-c4cccc5c4ncc4c5c5ccccc5c5c6ccccc6c6ccccc6c45)cc3)cc(-c3ccccc3)n2)cc1. The van der Waals surface area contributed by atoms with Gasteiger partial charge >= 0.3 is 0 Å². The van der Waals surface area contributed by atoms with Crippen LogP contribution in [0.1, 0.15) is 0 Å². The number of rotatable bonds is 4. The van der Waals surface area contributed by atoms with Gasteiger partial charge in [-0.05, 0) is 66.5 Å². The van der Waals surface area contributed by atoms with E-state index in [1.807, 2.05) is 12.1 Å². The number of fused-ring (bicyclic) bond motifs is 13. The molecule has 2 heteroatoms. The molecule has 0 aliphatic carbocycles. The minimum absolute atomic E-state index is 0.960. The van der Waals surface area contributed by atoms with Crippen LogP contribution < -0.4 is 0 Å². The third-order valence-electron chi connectivity index (χ3n) is 11.1. The molecule has 9 aromatic carbocycles. The molecule has 0 saturated carbocycles. The van der Waals surface area contributed by atoms with Gasteiger partial charge in [-0.15, -0.1) is 0 Å². The predicted molar refractivity (Wildman–Crippen MR) is 229 cm³/mol. The topological polar surface area (TPSA) is 25.8 Å². The molecule has 0 spiro atoms. The third-order valence-corrected chi connectivity index (χ3v) is 11.1. The van der Waals surface area contributed by atoms with Crippen molar-refractivity contribution in [2.75, 3.05) is 0 Å². The lowest BCUT2D eigenvalue weighted by atomic mass is 9.86. The largest absolute Gasteiger partial charge is 0.255 e. The number of nitrogens with zero attached hydrogens (tertiary/aromatic N) is 2. The van der Waals surface area contributed by atoms with E-state index in [1.54, 1.807) is 0 Å². The molecule has 0 amide bonds. The molecule has 2 nitrogen and oxygen atoms in total. The van der Waals surface area contributed by atoms with Gasteiger partial charge in [0.2, 0.25) is 0 Å². The van der Waals surface area contributed by atoms with Crippen LogP contribution in [-0.4, -0.2) is 9.97 Å². The van der Waals surface area contributed by atoms with Crippen molar-refractivity contribution >= 4 is 64.8 Å². The molecule has 2 aromatic heterocycles. The summed E-state index contributed by atoms with van der Waals surface area (Å²) in [4.78, 5) is 10.4. The molecule has 0 fully saturated rings. The molecule has 0 bridgehead atoms. The highest BCUT2D eigenvalue weighted by molar-refractivity contribution is 6.41. The van der Waals surface area contributed by atoms with Crippen molar-refractivity contribution in [3.8, 4) is 44.8 Å². The molecular formula is C52H32N2. The van der Waals surface area contributed by atoms with E-state index in [4.69, 9.17) is 9.97 Å². The Labute approximate surface area is 312 Å². The molecule has 0 radical (unpaired) electrons. The van der Waals surface area contributed by atoms with Gasteiger partial charge < -0.3 is 0 Å². The van der Waals surface area contributed by atoms with E-state index in [2.05, 4.69) is 182 Å². The van der Waals surface area contributed by atoms with Gasteiger partial charge in [0.05, 0.1) is 16.9 Å². The number of hydrogen-bond acceptors (Lipinski definition) is 2. The molecule has 11 rings (SSSR count). The molecule has 2 heterocycles. The summed E-state index contributed by atoms with van der Waals surface area (Å²) in [5.41, 5.74) is 9.67. The first kappa shape index (κ1) is 30.5. The summed E-state index contributed by atoms with van der Waals surface area (Å²) in [7, 11) is 0. The van der Waals surface area contributed by atoms with Gasteiger partial charge in [0.1, 0.15) is 0 Å². The summed E-state index contributed by atoms with van der Waals surface area (Å²) in [6.07, 6.45) is 2.12. The van der Waals surface area contributed by atoms with Crippen LogP contribution in [0, 0.1) is 0 Å². The highest BCUT2D eigenvalue weighted by Gasteiger charge is 2.19. The van der Waals surface area contributed by atoms with Gasteiger partial charge in [-0.1, -0.05) is 176 Å². The van der Waals surface area contributed by atoms with E-state index in [1.165, 1.54) is 59.2 Å². The van der Waals surface area contributed by atoms with E-state index in [9.17, 15) is 0 Å². The van der Waals surface area contributed by atoms with Crippen LogP contribution in [0.25, 0.3) is 110 Å². The van der Waals surface area contributed by atoms with Crippen LogP contribution in [-0.2, 0) is 0 Å². The maximum Gasteiger partial charge on any atom is 0.0786 e. The Morgan fingerprint density at radius 1 is 0.278 bits per heavy atom. The van der Waals surface area contributed by atoms with Gasteiger partial charge in [0, 0.05) is 44.4 Å². The van der Waals surface area contributed by atoms with Crippen molar-refractivity contribution in [1.29, 1.82) is 0 Å². The van der Waals surface area contributed by atoms with Crippen LogP contribution in [0.5, 0.6) is 0 Å². The van der Waals surface area contributed by atoms with Gasteiger partial charge in [-0.3, -0.25) is 4.98 Å². The maximum absolute atomic E-state index is 5.29. The number of para-hydroxylation sites is 1. The van der Waals surface area contributed by atoms with E-state index >= 15 is 0 Å². The Balaban J connectivity index is 1.11. The zero-order valence-electron chi connectivity index (χ0n) is 29.4. The lowest BCUT2D eigenvalue weighted by molar-refractivity contribution is 1.32. The van der Waals surface area contributed by atoms with Crippen LogP contribution in [0.2, 0.25) is 0 Å². The number of hydrogen-bond donors (Lipinski definition) is 0. The highest BCUT2D eigenvalue weighted by Crippen LogP contribution is 2.46. The van der Waals surface area contributed by atoms with Crippen molar-refractivity contribution in [3.05, 3.63) is 194 Å². The fraction of sp³-hybridized carbons (Fsp3) is 0. The average Bonchev–Trinajstić information content (AvgIpc) is 3.26. The van der Waals surface area contributed by atoms with Gasteiger partial charge in [0.15, 0.2) is 0 Å². The molecule has 0 atom stereocenters. The fourth-order valence-electron chi connectivity index (χ4n) is 8.61. The summed E-state index contributed by atoms with van der Waals surface area (Å²) >= 11 is 0. The number of pyridine rings is 2. The Morgan fingerprint density at radius 3 is 1.30 bits per heavy atom. The first-order chi connectivity index (χ1) is 26.8. The molecule has 0 unspecified atom stereocenters. The smallest absolute Gasteiger partial charge is 0.0786 e. The Kier molecular flexibility index (Phi) is 6.90. The molecule has 0 aliphatic heterocycles. The van der Waals surface area contributed by atoms with Crippen LogP contribution in [0.15, 0.2) is 194 Å². The average molecular weight is 685 g/mol. The molecule has 11 aromatic rings. The number of benzene rings is 9. The fourth-order valence-corrected chi connectivity index (χ4v) is 8.61. The molecule has 0 aliphatic rings. The van der Waals surface area contributed by atoms with Crippen LogP contribution >= 0.6 is 0 Å².